The lowest BCUT2D eigenvalue weighted by Crippen LogP contribution is -2.07. The molecule has 0 atom stereocenters. The van der Waals surface area contributed by atoms with Gasteiger partial charge in [0.2, 0.25) is 5.88 Å². The first-order valence-electron chi connectivity index (χ1n) is 5.36. The quantitative estimate of drug-likeness (QED) is 0.767. The molecule has 0 N–H and O–H groups in total. The number of imidazole rings is 1. The first-order chi connectivity index (χ1) is 8.69. The van der Waals surface area contributed by atoms with Gasteiger partial charge in [0, 0.05) is 6.92 Å². The zero-order valence-electron chi connectivity index (χ0n) is 9.83. The number of benzene rings is 1. The summed E-state index contributed by atoms with van der Waals surface area (Å²) in [6.07, 6.45) is 3.08. The second-order valence-corrected chi connectivity index (χ2v) is 3.76. The summed E-state index contributed by atoms with van der Waals surface area (Å²) < 4.78 is 6.74. The fraction of sp³-hybridized carbons (Fsp3) is 0.154. The van der Waals surface area contributed by atoms with Gasteiger partial charge in [0.15, 0.2) is 0 Å². The summed E-state index contributed by atoms with van der Waals surface area (Å²) in [6, 6.07) is 9.27. The fourth-order valence-corrected chi connectivity index (χ4v) is 1.54. The van der Waals surface area contributed by atoms with Gasteiger partial charge >= 0.3 is 5.97 Å². The van der Waals surface area contributed by atoms with Gasteiger partial charge in [-0.2, -0.15) is 5.26 Å². The summed E-state index contributed by atoms with van der Waals surface area (Å²) in [5.41, 5.74) is 1.62. The Morgan fingerprint density at radius 1 is 1.44 bits per heavy atom. The molecular weight excluding hydrogens is 230 g/mol. The fourth-order valence-electron chi connectivity index (χ4n) is 1.54. The van der Waals surface area contributed by atoms with Crippen LogP contribution in [-0.4, -0.2) is 15.5 Å². The molecule has 0 aliphatic carbocycles. The summed E-state index contributed by atoms with van der Waals surface area (Å²) >= 11 is 0. The van der Waals surface area contributed by atoms with Crippen LogP contribution in [0.15, 0.2) is 36.8 Å². The number of hydrogen-bond donors (Lipinski definition) is 0. The van der Waals surface area contributed by atoms with Crippen molar-refractivity contribution in [2.24, 2.45) is 0 Å². The number of nitrogens with zero attached hydrogens (tertiary/aromatic N) is 3. The highest BCUT2D eigenvalue weighted by Crippen LogP contribution is 2.13. The zero-order chi connectivity index (χ0) is 13.0. The summed E-state index contributed by atoms with van der Waals surface area (Å²) in [7, 11) is 0. The van der Waals surface area contributed by atoms with E-state index in [1.807, 2.05) is 12.1 Å². The highest BCUT2D eigenvalue weighted by Gasteiger charge is 2.06. The maximum Gasteiger partial charge on any atom is 0.309 e. The van der Waals surface area contributed by atoms with Gasteiger partial charge in [-0.3, -0.25) is 9.36 Å². The summed E-state index contributed by atoms with van der Waals surface area (Å²) in [5, 5.41) is 8.71. The molecule has 2 rings (SSSR count). The number of carbonyl (C=O) groups excluding carboxylic acids is 1. The van der Waals surface area contributed by atoms with E-state index < -0.39 is 0 Å². The van der Waals surface area contributed by atoms with Crippen LogP contribution in [0.3, 0.4) is 0 Å². The lowest BCUT2D eigenvalue weighted by atomic mass is 10.1. The van der Waals surface area contributed by atoms with E-state index in [-0.39, 0.29) is 5.97 Å². The lowest BCUT2D eigenvalue weighted by Gasteiger charge is -2.07. The molecule has 0 saturated carbocycles. The van der Waals surface area contributed by atoms with Gasteiger partial charge in [-0.25, -0.2) is 4.98 Å². The third-order valence-electron chi connectivity index (χ3n) is 2.36. The molecule has 0 amide bonds. The van der Waals surface area contributed by atoms with Crippen molar-refractivity contribution < 1.29 is 9.53 Å². The van der Waals surface area contributed by atoms with Crippen LogP contribution in [0.1, 0.15) is 18.1 Å². The van der Waals surface area contributed by atoms with E-state index in [1.165, 1.54) is 13.1 Å². The Morgan fingerprint density at radius 2 is 2.17 bits per heavy atom. The Balaban J connectivity index is 2.16. The molecule has 0 radical (unpaired) electrons. The monoisotopic (exact) mass is 241 g/mol. The largest absolute Gasteiger partial charge is 0.408 e. The minimum absolute atomic E-state index is 0.378. The SMILES string of the molecule is CC(=O)Oc1cncn1Cc1ccc(C#N)cc1. The second-order valence-electron chi connectivity index (χ2n) is 3.76. The maximum atomic E-state index is 10.9. The normalized spacial score (nSPS) is 9.78. The molecule has 90 valence electrons. The summed E-state index contributed by atoms with van der Waals surface area (Å²) in [4.78, 5) is 14.8. The average Bonchev–Trinajstić information content (AvgIpc) is 2.77. The molecule has 0 aliphatic rings. The van der Waals surface area contributed by atoms with Crippen LogP contribution in [0.25, 0.3) is 0 Å². The van der Waals surface area contributed by atoms with Gasteiger partial charge in [0.25, 0.3) is 0 Å². The van der Waals surface area contributed by atoms with Crippen LogP contribution in [0.4, 0.5) is 0 Å². The van der Waals surface area contributed by atoms with Crippen molar-refractivity contribution in [2.75, 3.05) is 0 Å². The molecule has 5 heteroatoms. The molecule has 0 bridgehead atoms. The van der Waals surface area contributed by atoms with Gasteiger partial charge < -0.3 is 4.74 Å². The van der Waals surface area contributed by atoms with Gasteiger partial charge in [0.05, 0.1) is 30.7 Å². The number of rotatable bonds is 3. The van der Waals surface area contributed by atoms with Gasteiger partial charge in [-0.15, -0.1) is 0 Å². The Kier molecular flexibility index (Phi) is 3.39. The standard InChI is InChI=1S/C13H11N3O2/c1-10(17)18-13-7-15-9-16(13)8-12-4-2-11(6-14)3-5-12/h2-5,7,9H,8H2,1H3. The highest BCUT2D eigenvalue weighted by molar-refractivity contribution is 5.68. The Bertz CT molecular complexity index is 593. The number of carbonyl (C=O) groups is 1. The first-order valence-corrected chi connectivity index (χ1v) is 5.36. The third-order valence-corrected chi connectivity index (χ3v) is 2.36. The minimum atomic E-state index is -0.378. The van der Waals surface area contributed by atoms with Crippen LogP contribution in [0.2, 0.25) is 0 Å². The van der Waals surface area contributed by atoms with Crippen LogP contribution < -0.4 is 4.74 Å². The van der Waals surface area contributed by atoms with E-state index in [4.69, 9.17) is 10.00 Å². The third kappa shape index (κ3) is 2.74. The molecule has 1 heterocycles. The molecule has 1 aromatic heterocycles. The van der Waals surface area contributed by atoms with Crippen molar-refractivity contribution in [2.45, 2.75) is 13.5 Å². The number of nitriles is 1. The topological polar surface area (TPSA) is 67.9 Å². The molecule has 5 nitrogen and oxygen atoms in total. The molecule has 0 spiro atoms. The van der Waals surface area contributed by atoms with E-state index in [0.717, 1.165) is 5.56 Å². The number of hydrogen-bond acceptors (Lipinski definition) is 4. The predicted molar refractivity (Wildman–Crippen MR) is 63.8 cm³/mol. The Hall–Kier alpha value is -2.61. The smallest absolute Gasteiger partial charge is 0.309 e. The van der Waals surface area contributed by atoms with Gasteiger partial charge in [-0.05, 0) is 17.7 Å². The predicted octanol–water partition coefficient (Wildman–Crippen LogP) is 1.73. The zero-order valence-corrected chi connectivity index (χ0v) is 9.83. The second kappa shape index (κ2) is 5.15. The van der Waals surface area contributed by atoms with Crippen molar-refractivity contribution in [3.8, 4) is 11.9 Å². The molecule has 1 aromatic carbocycles. The highest BCUT2D eigenvalue weighted by atomic mass is 16.5. The van der Waals surface area contributed by atoms with Crippen molar-refractivity contribution >= 4 is 5.97 Å². The van der Waals surface area contributed by atoms with E-state index in [0.29, 0.717) is 18.0 Å². The van der Waals surface area contributed by atoms with Crippen molar-refractivity contribution in [3.05, 3.63) is 47.9 Å². The maximum absolute atomic E-state index is 10.9. The summed E-state index contributed by atoms with van der Waals surface area (Å²) in [5.74, 6) is 0.0310. The van der Waals surface area contributed by atoms with Gasteiger partial charge in [-0.1, -0.05) is 12.1 Å². The van der Waals surface area contributed by atoms with Gasteiger partial charge in [0.1, 0.15) is 0 Å². The summed E-state index contributed by atoms with van der Waals surface area (Å²) in [6.45, 7) is 1.88. The van der Waals surface area contributed by atoms with Crippen LogP contribution in [0.5, 0.6) is 5.88 Å². The van der Waals surface area contributed by atoms with Crippen LogP contribution >= 0.6 is 0 Å². The molecule has 0 fully saturated rings. The first kappa shape index (κ1) is 11.9. The number of aromatic nitrogens is 2. The minimum Gasteiger partial charge on any atom is -0.408 e. The van der Waals surface area contributed by atoms with E-state index in [1.54, 1.807) is 23.0 Å². The number of esters is 1. The average molecular weight is 241 g/mol. The Morgan fingerprint density at radius 3 is 2.78 bits per heavy atom. The molecule has 0 aliphatic heterocycles. The molecular formula is C13H11N3O2. The van der Waals surface area contributed by atoms with E-state index >= 15 is 0 Å². The van der Waals surface area contributed by atoms with Crippen molar-refractivity contribution in [1.82, 2.24) is 9.55 Å². The molecule has 18 heavy (non-hydrogen) atoms. The molecule has 2 aromatic rings. The van der Waals surface area contributed by atoms with E-state index in [2.05, 4.69) is 11.1 Å². The van der Waals surface area contributed by atoms with Crippen molar-refractivity contribution in [1.29, 1.82) is 5.26 Å². The molecule has 0 unspecified atom stereocenters. The van der Waals surface area contributed by atoms with Crippen LogP contribution in [-0.2, 0) is 11.3 Å². The molecule has 0 saturated heterocycles. The number of ether oxygens (including phenoxy) is 1. The van der Waals surface area contributed by atoms with E-state index in [9.17, 15) is 4.79 Å². The van der Waals surface area contributed by atoms with Crippen molar-refractivity contribution in [3.63, 3.8) is 0 Å². The lowest BCUT2D eigenvalue weighted by molar-refractivity contribution is -0.132. The Labute approximate surface area is 104 Å². The van der Waals surface area contributed by atoms with Crippen LogP contribution in [0, 0.1) is 11.3 Å².